The number of amides is 1. The van der Waals surface area contributed by atoms with Crippen LogP contribution in [0.5, 0.6) is 5.75 Å². The zero-order valence-corrected chi connectivity index (χ0v) is 16.4. The summed E-state index contributed by atoms with van der Waals surface area (Å²) >= 11 is 1.53. The molecule has 2 heterocycles. The zero-order chi connectivity index (χ0) is 19.1. The van der Waals surface area contributed by atoms with Gasteiger partial charge in [-0.2, -0.15) is 0 Å². The molecule has 27 heavy (non-hydrogen) atoms. The smallest absolute Gasteiger partial charge is 0.226 e. The first-order valence-electron chi connectivity index (χ1n) is 9.14. The summed E-state index contributed by atoms with van der Waals surface area (Å²) in [5.74, 6) is 1.74. The Labute approximate surface area is 163 Å². The molecule has 1 atom stereocenters. The molecule has 0 bridgehead atoms. The van der Waals surface area contributed by atoms with E-state index in [0.29, 0.717) is 6.61 Å². The van der Waals surface area contributed by atoms with Crippen molar-refractivity contribution >= 4 is 17.2 Å². The fourth-order valence-corrected chi connectivity index (χ4v) is 3.66. The number of carbonyl (C=O) groups is 1. The van der Waals surface area contributed by atoms with E-state index in [0.717, 1.165) is 40.6 Å². The van der Waals surface area contributed by atoms with Gasteiger partial charge < -0.3 is 14.5 Å². The number of nitrogens with one attached hydrogen (secondary N) is 1. The van der Waals surface area contributed by atoms with Crippen LogP contribution >= 0.6 is 11.3 Å². The van der Waals surface area contributed by atoms with Crippen LogP contribution in [-0.2, 0) is 17.6 Å². The third-order valence-corrected chi connectivity index (χ3v) is 5.05. The molecule has 3 aromatic rings. The number of nitrogens with zero attached hydrogens (tertiary/aromatic N) is 1. The van der Waals surface area contributed by atoms with Crippen LogP contribution in [0.4, 0.5) is 0 Å². The topological polar surface area (TPSA) is 64.4 Å². The Hall–Kier alpha value is -2.60. The second-order valence-electron chi connectivity index (χ2n) is 6.34. The minimum Gasteiger partial charge on any atom is -0.493 e. The summed E-state index contributed by atoms with van der Waals surface area (Å²) < 4.78 is 11.0. The lowest BCUT2D eigenvalue weighted by Gasteiger charge is -2.12. The Morgan fingerprint density at radius 3 is 2.93 bits per heavy atom. The summed E-state index contributed by atoms with van der Waals surface area (Å²) in [6.07, 6.45) is 3.59. The van der Waals surface area contributed by atoms with Gasteiger partial charge in [-0.3, -0.25) is 4.79 Å². The summed E-state index contributed by atoms with van der Waals surface area (Å²) in [6.45, 7) is 4.57. The molecule has 1 unspecified atom stereocenters. The van der Waals surface area contributed by atoms with E-state index in [1.54, 1.807) is 6.26 Å². The Bertz CT molecular complexity index is 858. The van der Waals surface area contributed by atoms with E-state index in [1.165, 1.54) is 11.3 Å². The molecule has 142 valence electrons. The first-order chi connectivity index (χ1) is 13.2. The second-order valence-corrected chi connectivity index (χ2v) is 7.19. The SMILES string of the molecule is CCOc1ccccc1-c1nc(CC(=O)NC(C)CCc2ccco2)cs1. The highest BCUT2D eigenvalue weighted by Crippen LogP contribution is 2.32. The van der Waals surface area contributed by atoms with Crippen molar-refractivity contribution in [2.45, 2.75) is 39.2 Å². The minimum atomic E-state index is -0.0168. The maximum atomic E-state index is 12.3. The highest BCUT2D eigenvalue weighted by atomic mass is 32.1. The van der Waals surface area contributed by atoms with Gasteiger partial charge in [-0.05, 0) is 44.5 Å². The van der Waals surface area contributed by atoms with Gasteiger partial charge in [0.15, 0.2) is 0 Å². The van der Waals surface area contributed by atoms with Crippen LogP contribution in [0.1, 0.15) is 31.7 Å². The lowest BCUT2D eigenvalue weighted by Crippen LogP contribution is -2.34. The largest absolute Gasteiger partial charge is 0.493 e. The van der Waals surface area contributed by atoms with Crippen molar-refractivity contribution in [3.05, 3.63) is 59.5 Å². The molecule has 0 radical (unpaired) electrons. The Balaban J connectivity index is 1.55. The van der Waals surface area contributed by atoms with Gasteiger partial charge in [-0.15, -0.1) is 11.3 Å². The number of rotatable bonds is 9. The average molecular weight is 385 g/mol. The number of para-hydroxylation sites is 1. The normalized spacial score (nSPS) is 11.9. The number of hydrogen-bond donors (Lipinski definition) is 1. The molecule has 0 fully saturated rings. The van der Waals surface area contributed by atoms with E-state index in [2.05, 4.69) is 10.3 Å². The van der Waals surface area contributed by atoms with Crippen molar-refractivity contribution in [1.82, 2.24) is 10.3 Å². The van der Waals surface area contributed by atoms with Gasteiger partial charge in [0, 0.05) is 17.8 Å². The fraction of sp³-hybridized carbons (Fsp3) is 0.333. The van der Waals surface area contributed by atoms with E-state index in [-0.39, 0.29) is 18.4 Å². The lowest BCUT2D eigenvalue weighted by molar-refractivity contribution is -0.121. The average Bonchev–Trinajstić information content (AvgIpc) is 3.32. The van der Waals surface area contributed by atoms with E-state index in [4.69, 9.17) is 9.15 Å². The minimum absolute atomic E-state index is 0.0168. The number of ether oxygens (including phenoxy) is 1. The molecule has 3 rings (SSSR count). The first-order valence-corrected chi connectivity index (χ1v) is 10.0. The molecule has 2 aromatic heterocycles. The zero-order valence-electron chi connectivity index (χ0n) is 15.6. The number of thiazole rings is 1. The number of furan rings is 1. The molecule has 0 aliphatic heterocycles. The monoisotopic (exact) mass is 384 g/mol. The van der Waals surface area contributed by atoms with Gasteiger partial charge in [0.1, 0.15) is 16.5 Å². The van der Waals surface area contributed by atoms with Crippen molar-refractivity contribution in [3.8, 4) is 16.3 Å². The van der Waals surface area contributed by atoms with E-state index >= 15 is 0 Å². The van der Waals surface area contributed by atoms with E-state index < -0.39 is 0 Å². The van der Waals surface area contributed by atoms with Gasteiger partial charge in [0.2, 0.25) is 5.91 Å². The molecule has 1 aromatic carbocycles. The Morgan fingerprint density at radius 1 is 1.30 bits per heavy atom. The van der Waals surface area contributed by atoms with Crippen molar-refractivity contribution in [2.24, 2.45) is 0 Å². The van der Waals surface area contributed by atoms with Crippen LogP contribution in [0.3, 0.4) is 0 Å². The van der Waals surface area contributed by atoms with Gasteiger partial charge in [0.05, 0.1) is 30.5 Å². The van der Waals surface area contributed by atoms with Crippen LogP contribution in [0, 0.1) is 0 Å². The third-order valence-electron chi connectivity index (χ3n) is 4.12. The number of aryl methyl sites for hydroxylation is 1. The highest BCUT2D eigenvalue weighted by molar-refractivity contribution is 7.13. The van der Waals surface area contributed by atoms with Crippen molar-refractivity contribution < 1.29 is 13.9 Å². The molecule has 0 saturated carbocycles. The molecular formula is C21H24N2O3S. The summed E-state index contributed by atoms with van der Waals surface area (Å²) in [6, 6.07) is 11.7. The summed E-state index contributed by atoms with van der Waals surface area (Å²) in [5, 5.41) is 5.83. The molecule has 6 heteroatoms. The maximum absolute atomic E-state index is 12.3. The number of carbonyl (C=O) groups excluding carboxylic acids is 1. The Kier molecular flexibility index (Phi) is 6.65. The fourth-order valence-electron chi connectivity index (χ4n) is 2.81. The number of hydrogen-bond acceptors (Lipinski definition) is 5. The predicted molar refractivity (Wildman–Crippen MR) is 107 cm³/mol. The van der Waals surface area contributed by atoms with Gasteiger partial charge in [-0.1, -0.05) is 12.1 Å². The molecule has 0 spiro atoms. The van der Waals surface area contributed by atoms with Crippen LogP contribution in [0.25, 0.3) is 10.6 Å². The van der Waals surface area contributed by atoms with Crippen molar-refractivity contribution in [2.75, 3.05) is 6.61 Å². The standard InChI is InChI=1S/C21H24N2O3S/c1-3-25-19-9-5-4-8-18(19)21-23-16(14-27-21)13-20(24)22-15(2)10-11-17-7-6-12-26-17/h4-9,12,14-15H,3,10-11,13H2,1-2H3,(H,22,24). The van der Waals surface area contributed by atoms with Crippen LogP contribution in [0.15, 0.2) is 52.5 Å². The van der Waals surface area contributed by atoms with Crippen molar-refractivity contribution in [1.29, 1.82) is 0 Å². The summed E-state index contributed by atoms with van der Waals surface area (Å²) in [5.41, 5.74) is 1.74. The first kappa shape index (κ1) is 19.2. The third kappa shape index (κ3) is 5.44. The summed E-state index contributed by atoms with van der Waals surface area (Å²) in [7, 11) is 0. The van der Waals surface area contributed by atoms with Crippen LogP contribution < -0.4 is 10.1 Å². The second kappa shape index (κ2) is 9.37. The van der Waals surface area contributed by atoms with Gasteiger partial charge >= 0.3 is 0 Å². The van der Waals surface area contributed by atoms with Crippen LogP contribution in [-0.4, -0.2) is 23.5 Å². The molecule has 1 amide bonds. The molecular weight excluding hydrogens is 360 g/mol. The van der Waals surface area contributed by atoms with Gasteiger partial charge in [0.25, 0.3) is 0 Å². The van der Waals surface area contributed by atoms with Crippen LogP contribution in [0.2, 0.25) is 0 Å². The predicted octanol–water partition coefficient (Wildman–Crippen LogP) is 4.48. The maximum Gasteiger partial charge on any atom is 0.226 e. The highest BCUT2D eigenvalue weighted by Gasteiger charge is 2.14. The molecule has 0 aliphatic rings. The number of benzene rings is 1. The van der Waals surface area contributed by atoms with Gasteiger partial charge in [-0.25, -0.2) is 4.98 Å². The van der Waals surface area contributed by atoms with E-state index in [9.17, 15) is 4.79 Å². The number of aromatic nitrogens is 1. The lowest BCUT2D eigenvalue weighted by atomic mass is 10.1. The quantitative estimate of drug-likeness (QED) is 0.591. The molecule has 1 N–H and O–H groups in total. The molecule has 0 aliphatic carbocycles. The van der Waals surface area contributed by atoms with E-state index in [1.807, 2.05) is 55.6 Å². The Morgan fingerprint density at radius 2 is 2.15 bits per heavy atom. The summed E-state index contributed by atoms with van der Waals surface area (Å²) in [4.78, 5) is 16.9. The molecule has 0 saturated heterocycles. The molecule has 5 nitrogen and oxygen atoms in total. The van der Waals surface area contributed by atoms with Crippen molar-refractivity contribution in [3.63, 3.8) is 0 Å².